The lowest BCUT2D eigenvalue weighted by Crippen LogP contribution is -2.64. The lowest BCUT2D eigenvalue weighted by Gasteiger charge is -2.41. The second-order valence-electron chi connectivity index (χ2n) is 16.3. The highest BCUT2D eigenvalue weighted by Crippen LogP contribution is 2.47. The van der Waals surface area contributed by atoms with E-state index in [1.54, 1.807) is 0 Å². The summed E-state index contributed by atoms with van der Waals surface area (Å²) in [6, 6.07) is 0. The van der Waals surface area contributed by atoms with E-state index in [4.69, 9.17) is 18.5 Å². The van der Waals surface area contributed by atoms with Gasteiger partial charge in [0.2, 0.25) is 0 Å². The van der Waals surface area contributed by atoms with Crippen LogP contribution in [0.5, 0.6) is 0 Å². The molecule has 1 fully saturated rings. The summed E-state index contributed by atoms with van der Waals surface area (Å²) in [5, 5.41) is 50.1. The predicted molar refractivity (Wildman–Crippen MR) is 239 cm³/mol. The van der Waals surface area contributed by atoms with E-state index in [9.17, 15) is 44.6 Å². The van der Waals surface area contributed by atoms with Crippen LogP contribution in [0, 0.1) is 0 Å². The monoisotopic (exact) mass is 887 g/mol. The van der Waals surface area contributed by atoms with Crippen molar-refractivity contribution in [3.8, 4) is 0 Å². The van der Waals surface area contributed by atoms with Crippen LogP contribution in [0.3, 0.4) is 0 Å². The third-order valence-electron chi connectivity index (χ3n) is 10.7. The number of hydrogen-bond acceptors (Lipinski definition) is 12. The maximum atomic E-state index is 12.8. The third-order valence-corrected chi connectivity index (χ3v) is 11.7. The van der Waals surface area contributed by atoms with Crippen molar-refractivity contribution in [2.45, 2.75) is 224 Å². The Morgan fingerprint density at radius 1 is 0.508 bits per heavy atom. The van der Waals surface area contributed by atoms with Gasteiger partial charge in [-0.25, -0.2) is 4.57 Å². The summed E-state index contributed by atoms with van der Waals surface area (Å²) >= 11 is 0. The molecule has 0 saturated heterocycles. The number of allylic oxidation sites excluding steroid dienone is 8. The number of aliphatic hydroxyl groups is 5. The number of esters is 2. The lowest BCUT2D eigenvalue weighted by molar-refractivity contribution is -0.220. The van der Waals surface area contributed by atoms with E-state index in [2.05, 4.69) is 62.5 Å². The van der Waals surface area contributed by atoms with Crippen molar-refractivity contribution < 1.29 is 63.1 Å². The molecule has 1 saturated carbocycles. The molecule has 0 heterocycles. The lowest BCUT2D eigenvalue weighted by atomic mass is 9.85. The summed E-state index contributed by atoms with van der Waals surface area (Å²) in [7, 11) is -5.12. The molecule has 13 nitrogen and oxygen atoms in total. The van der Waals surface area contributed by atoms with Crippen molar-refractivity contribution in [2.24, 2.45) is 0 Å². The summed E-state index contributed by atoms with van der Waals surface area (Å²) in [4.78, 5) is 35.7. The summed E-state index contributed by atoms with van der Waals surface area (Å²) in [6.45, 7) is 3.24. The average Bonchev–Trinajstić information content (AvgIpc) is 3.24. The van der Waals surface area contributed by atoms with Gasteiger partial charge in [0.05, 0.1) is 6.61 Å². The molecule has 6 N–H and O–H groups in total. The van der Waals surface area contributed by atoms with Gasteiger partial charge in [0, 0.05) is 12.8 Å². The van der Waals surface area contributed by atoms with Gasteiger partial charge in [-0.3, -0.25) is 18.6 Å². The fourth-order valence-electron chi connectivity index (χ4n) is 6.86. The summed E-state index contributed by atoms with van der Waals surface area (Å²) in [6.07, 6.45) is 30.2. The zero-order valence-electron chi connectivity index (χ0n) is 37.4. The van der Waals surface area contributed by atoms with Gasteiger partial charge in [0.25, 0.3) is 0 Å². The van der Waals surface area contributed by atoms with Gasteiger partial charge in [-0.15, -0.1) is 0 Å². The van der Waals surface area contributed by atoms with E-state index in [1.165, 1.54) is 70.6 Å². The van der Waals surface area contributed by atoms with Crippen molar-refractivity contribution >= 4 is 19.8 Å². The highest BCUT2D eigenvalue weighted by Gasteiger charge is 2.51. The number of ether oxygens (including phenoxy) is 2. The minimum absolute atomic E-state index is 0.0908. The number of phosphoric acid groups is 1. The molecule has 6 atom stereocenters. The van der Waals surface area contributed by atoms with Gasteiger partial charge in [-0.05, 0) is 57.8 Å². The number of carbonyl (C=O) groups excluding carboxylic acids is 2. The highest BCUT2D eigenvalue weighted by molar-refractivity contribution is 7.47. The Labute approximate surface area is 367 Å². The number of rotatable bonds is 38. The van der Waals surface area contributed by atoms with Gasteiger partial charge in [-0.2, -0.15) is 0 Å². The second kappa shape index (κ2) is 37.2. The molecule has 0 aromatic heterocycles. The van der Waals surface area contributed by atoms with Crippen molar-refractivity contribution in [3.05, 3.63) is 48.6 Å². The molecule has 61 heavy (non-hydrogen) atoms. The van der Waals surface area contributed by atoms with Gasteiger partial charge in [0.1, 0.15) is 43.2 Å². The predicted octanol–water partition coefficient (Wildman–Crippen LogP) is 9.17. The Morgan fingerprint density at radius 3 is 1.38 bits per heavy atom. The first-order valence-corrected chi connectivity index (χ1v) is 24.9. The molecule has 1 aliphatic carbocycles. The van der Waals surface area contributed by atoms with Crippen LogP contribution in [-0.2, 0) is 32.7 Å². The van der Waals surface area contributed by atoms with E-state index in [0.717, 1.165) is 70.6 Å². The maximum absolute atomic E-state index is 12.8. The molecular formula is C47H83O13P. The largest absolute Gasteiger partial charge is 0.472 e. The summed E-state index contributed by atoms with van der Waals surface area (Å²) in [5.41, 5.74) is 0. The minimum Gasteiger partial charge on any atom is -0.462 e. The first-order valence-electron chi connectivity index (χ1n) is 23.4. The van der Waals surface area contributed by atoms with E-state index in [0.29, 0.717) is 12.8 Å². The van der Waals surface area contributed by atoms with E-state index in [1.807, 2.05) is 0 Å². The summed E-state index contributed by atoms with van der Waals surface area (Å²) in [5.74, 6) is -1.13. The van der Waals surface area contributed by atoms with E-state index >= 15 is 0 Å². The first-order chi connectivity index (χ1) is 29.4. The Hall–Kier alpha value is -2.19. The van der Waals surface area contributed by atoms with Crippen molar-refractivity contribution in [3.63, 3.8) is 0 Å². The Balaban J connectivity index is 2.47. The Morgan fingerprint density at radius 2 is 0.885 bits per heavy atom. The maximum Gasteiger partial charge on any atom is 0.472 e. The van der Waals surface area contributed by atoms with Crippen LogP contribution >= 0.6 is 7.82 Å². The molecule has 1 aliphatic rings. The molecule has 6 unspecified atom stereocenters. The van der Waals surface area contributed by atoms with Crippen LogP contribution in [0.2, 0.25) is 0 Å². The SMILES string of the molecule is CCCCCC=CCC=CCC=CCC=CCCCCCC(=O)OCC(COP(=O)(O)OC1C(O)C(O)C(O)C(O)C1O)OC(=O)CCCCCCCCCCCCCCC. The van der Waals surface area contributed by atoms with Crippen molar-refractivity contribution in [2.75, 3.05) is 13.2 Å². The molecule has 14 heteroatoms. The van der Waals surface area contributed by atoms with E-state index < -0.39 is 75.7 Å². The number of hydrogen-bond donors (Lipinski definition) is 6. The molecule has 0 aliphatic heterocycles. The number of unbranched alkanes of at least 4 members (excludes halogenated alkanes) is 18. The standard InChI is InChI=1S/C47H83O13P/c1-3-5-7-9-11-13-15-17-18-19-20-21-22-24-25-27-29-31-33-35-40(48)57-37-39(38-58-61(55,56)60-47-45(53)43(51)42(50)44(52)46(47)54)59-41(49)36-34-32-30-28-26-23-16-14-12-10-8-6-4-2/h11,13,17-18,20-21,24-25,39,42-47,50-54H,3-10,12,14-16,19,22-23,26-38H2,1-2H3,(H,55,56). The van der Waals surface area contributed by atoms with Crippen molar-refractivity contribution in [1.29, 1.82) is 0 Å². The average molecular weight is 887 g/mol. The molecule has 0 amide bonds. The number of phosphoric ester groups is 1. The van der Waals surface area contributed by atoms with Gasteiger partial charge < -0.3 is 39.9 Å². The molecule has 354 valence electrons. The van der Waals surface area contributed by atoms with Gasteiger partial charge in [-0.1, -0.05) is 159 Å². The zero-order chi connectivity index (χ0) is 45.0. The molecule has 0 aromatic rings. The highest BCUT2D eigenvalue weighted by atomic mass is 31.2. The van der Waals surface area contributed by atoms with Crippen molar-refractivity contribution in [1.82, 2.24) is 0 Å². The quantitative estimate of drug-likeness (QED) is 0.0148. The summed E-state index contributed by atoms with van der Waals surface area (Å²) < 4.78 is 33.5. The topological polar surface area (TPSA) is 210 Å². The molecule has 0 spiro atoms. The number of carbonyl (C=O) groups is 2. The fraction of sp³-hybridized carbons (Fsp3) is 0.787. The Bertz CT molecular complexity index is 1250. The van der Waals surface area contributed by atoms with Crippen LogP contribution in [0.25, 0.3) is 0 Å². The van der Waals surface area contributed by atoms with Crippen LogP contribution in [0.1, 0.15) is 181 Å². The van der Waals surface area contributed by atoms with Gasteiger partial charge in [0.15, 0.2) is 6.10 Å². The van der Waals surface area contributed by atoms with Crippen LogP contribution in [-0.4, -0.2) is 98.3 Å². The smallest absolute Gasteiger partial charge is 0.462 e. The van der Waals surface area contributed by atoms with E-state index in [-0.39, 0.29) is 12.8 Å². The van der Waals surface area contributed by atoms with Crippen LogP contribution < -0.4 is 0 Å². The number of aliphatic hydroxyl groups excluding tert-OH is 5. The second-order valence-corrected chi connectivity index (χ2v) is 17.7. The third kappa shape index (κ3) is 29.7. The van der Waals surface area contributed by atoms with Gasteiger partial charge >= 0.3 is 19.8 Å². The zero-order valence-corrected chi connectivity index (χ0v) is 38.3. The molecule has 0 radical (unpaired) electrons. The molecular weight excluding hydrogens is 803 g/mol. The van der Waals surface area contributed by atoms with Crippen LogP contribution in [0.15, 0.2) is 48.6 Å². The first kappa shape index (κ1) is 56.8. The molecule has 1 rings (SSSR count). The Kier molecular flexibility index (Phi) is 34.7. The molecule has 0 bridgehead atoms. The minimum atomic E-state index is -5.12. The normalized spacial score (nSPS) is 22.4. The molecule has 0 aromatic carbocycles. The van der Waals surface area contributed by atoms with Crippen LogP contribution in [0.4, 0.5) is 0 Å². The fourth-order valence-corrected chi connectivity index (χ4v) is 7.83.